The standard InChI is InChI=1S/C21H14F4/c1-2-3-13-4-6-14(7-5-13)15-8-9-17(18(22)10-15)16-11-19(23)21(25)20(24)12-16/h2,4-12H,1,3H2. The smallest absolute Gasteiger partial charge is 0.194 e. The minimum absolute atomic E-state index is 0.00447. The fourth-order valence-corrected chi connectivity index (χ4v) is 2.64. The first-order chi connectivity index (χ1) is 12.0. The second kappa shape index (κ2) is 6.93. The molecule has 0 aromatic heterocycles. The monoisotopic (exact) mass is 342 g/mol. The summed E-state index contributed by atoms with van der Waals surface area (Å²) in [5.74, 6) is -4.91. The van der Waals surface area contributed by atoms with Crippen LogP contribution < -0.4 is 0 Å². The van der Waals surface area contributed by atoms with E-state index >= 15 is 0 Å². The molecule has 25 heavy (non-hydrogen) atoms. The summed E-state index contributed by atoms with van der Waals surface area (Å²) in [6.07, 6.45) is 2.54. The van der Waals surface area contributed by atoms with Crippen LogP contribution in [0.2, 0.25) is 0 Å². The van der Waals surface area contributed by atoms with Crippen molar-refractivity contribution in [2.75, 3.05) is 0 Å². The van der Waals surface area contributed by atoms with E-state index < -0.39 is 23.3 Å². The molecule has 3 aromatic carbocycles. The molecule has 0 saturated heterocycles. The van der Waals surface area contributed by atoms with Gasteiger partial charge in [-0.2, -0.15) is 0 Å². The van der Waals surface area contributed by atoms with Crippen molar-refractivity contribution >= 4 is 0 Å². The number of halogens is 4. The second-order valence-electron chi connectivity index (χ2n) is 5.64. The van der Waals surface area contributed by atoms with Gasteiger partial charge < -0.3 is 0 Å². The number of rotatable bonds is 4. The van der Waals surface area contributed by atoms with Gasteiger partial charge in [0.1, 0.15) is 5.82 Å². The fraction of sp³-hybridized carbons (Fsp3) is 0.0476. The van der Waals surface area contributed by atoms with Crippen molar-refractivity contribution in [3.63, 3.8) is 0 Å². The van der Waals surface area contributed by atoms with E-state index in [2.05, 4.69) is 6.58 Å². The molecule has 0 N–H and O–H groups in total. The van der Waals surface area contributed by atoms with Gasteiger partial charge in [-0.1, -0.05) is 42.5 Å². The molecule has 0 unspecified atom stereocenters. The Morgan fingerprint density at radius 1 is 0.680 bits per heavy atom. The maximum Gasteiger partial charge on any atom is 0.194 e. The summed E-state index contributed by atoms with van der Waals surface area (Å²) >= 11 is 0. The Labute approximate surface area is 143 Å². The minimum atomic E-state index is -1.57. The Morgan fingerprint density at radius 2 is 1.24 bits per heavy atom. The maximum atomic E-state index is 14.4. The molecule has 0 bridgehead atoms. The van der Waals surface area contributed by atoms with Gasteiger partial charge in [0.25, 0.3) is 0 Å². The Morgan fingerprint density at radius 3 is 1.80 bits per heavy atom. The molecule has 0 heterocycles. The molecule has 0 aliphatic heterocycles. The first kappa shape index (κ1) is 17.0. The molecule has 0 amide bonds. The van der Waals surface area contributed by atoms with Gasteiger partial charge in [0.05, 0.1) is 0 Å². The summed E-state index contributed by atoms with van der Waals surface area (Å²) in [6, 6.07) is 13.5. The van der Waals surface area contributed by atoms with Crippen molar-refractivity contribution in [3.05, 3.63) is 96.1 Å². The Balaban J connectivity index is 1.97. The number of hydrogen-bond acceptors (Lipinski definition) is 0. The van der Waals surface area contributed by atoms with Crippen molar-refractivity contribution in [1.82, 2.24) is 0 Å². The highest BCUT2D eigenvalue weighted by Crippen LogP contribution is 2.30. The third kappa shape index (κ3) is 3.48. The van der Waals surface area contributed by atoms with E-state index in [0.717, 1.165) is 29.7 Å². The van der Waals surface area contributed by atoms with Crippen LogP contribution in [0.3, 0.4) is 0 Å². The largest absolute Gasteiger partial charge is 0.206 e. The predicted molar refractivity (Wildman–Crippen MR) is 91.0 cm³/mol. The van der Waals surface area contributed by atoms with Gasteiger partial charge >= 0.3 is 0 Å². The van der Waals surface area contributed by atoms with Crippen LogP contribution in [0, 0.1) is 23.3 Å². The van der Waals surface area contributed by atoms with E-state index in [9.17, 15) is 17.6 Å². The van der Waals surface area contributed by atoms with E-state index in [0.29, 0.717) is 5.56 Å². The summed E-state index contributed by atoms with van der Waals surface area (Å²) < 4.78 is 54.2. The summed E-state index contributed by atoms with van der Waals surface area (Å²) in [7, 11) is 0. The molecule has 0 nitrogen and oxygen atoms in total. The minimum Gasteiger partial charge on any atom is -0.206 e. The van der Waals surface area contributed by atoms with Gasteiger partial charge in [-0.3, -0.25) is 0 Å². The molecule has 0 fully saturated rings. The van der Waals surface area contributed by atoms with E-state index in [4.69, 9.17) is 0 Å². The highest BCUT2D eigenvalue weighted by atomic mass is 19.2. The van der Waals surface area contributed by atoms with Crippen LogP contribution in [0.15, 0.2) is 67.3 Å². The van der Waals surface area contributed by atoms with E-state index in [1.165, 1.54) is 12.1 Å². The molecule has 4 heteroatoms. The van der Waals surface area contributed by atoms with Crippen molar-refractivity contribution in [1.29, 1.82) is 0 Å². The molecule has 0 saturated carbocycles. The Hall–Kier alpha value is -2.88. The van der Waals surface area contributed by atoms with Gasteiger partial charge in [0, 0.05) is 5.56 Å². The number of hydrogen-bond donors (Lipinski definition) is 0. The molecule has 0 aliphatic rings. The van der Waals surface area contributed by atoms with Gasteiger partial charge in [0.15, 0.2) is 17.5 Å². The average Bonchev–Trinajstić information content (AvgIpc) is 2.60. The predicted octanol–water partition coefficient (Wildman–Crippen LogP) is 6.31. The molecule has 0 radical (unpaired) electrons. The molecule has 3 aromatic rings. The lowest BCUT2D eigenvalue weighted by molar-refractivity contribution is 0.447. The van der Waals surface area contributed by atoms with Gasteiger partial charge in [-0.15, -0.1) is 6.58 Å². The van der Waals surface area contributed by atoms with Gasteiger partial charge in [-0.25, -0.2) is 17.6 Å². The van der Waals surface area contributed by atoms with Crippen LogP contribution in [-0.4, -0.2) is 0 Å². The first-order valence-electron chi connectivity index (χ1n) is 7.64. The lowest BCUT2D eigenvalue weighted by Crippen LogP contribution is -1.94. The molecular weight excluding hydrogens is 328 g/mol. The highest BCUT2D eigenvalue weighted by Gasteiger charge is 2.14. The molecule has 3 rings (SSSR count). The zero-order chi connectivity index (χ0) is 18.0. The molecule has 126 valence electrons. The average molecular weight is 342 g/mol. The van der Waals surface area contributed by atoms with E-state index in [-0.39, 0.29) is 11.1 Å². The van der Waals surface area contributed by atoms with Crippen LogP contribution in [0.25, 0.3) is 22.3 Å². The topological polar surface area (TPSA) is 0 Å². The maximum absolute atomic E-state index is 14.4. The third-order valence-corrected chi connectivity index (χ3v) is 3.93. The normalized spacial score (nSPS) is 10.7. The zero-order valence-electron chi connectivity index (χ0n) is 13.2. The first-order valence-corrected chi connectivity index (χ1v) is 7.64. The van der Waals surface area contributed by atoms with E-state index in [1.54, 1.807) is 12.1 Å². The fourth-order valence-electron chi connectivity index (χ4n) is 2.64. The van der Waals surface area contributed by atoms with Gasteiger partial charge in [0.2, 0.25) is 0 Å². The molecule has 0 spiro atoms. The third-order valence-electron chi connectivity index (χ3n) is 3.93. The van der Waals surface area contributed by atoms with Crippen molar-refractivity contribution in [2.45, 2.75) is 6.42 Å². The quantitative estimate of drug-likeness (QED) is 0.296. The van der Waals surface area contributed by atoms with Crippen LogP contribution >= 0.6 is 0 Å². The van der Waals surface area contributed by atoms with Gasteiger partial charge in [-0.05, 0) is 46.9 Å². The van der Waals surface area contributed by atoms with E-state index in [1.807, 2.05) is 24.3 Å². The van der Waals surface area contributed by atoms with Crippen molar-refractivity contribution in [2.24, 2.45) is 0 Å². The summed E-state index contributed by atoms with van der Waals surface area (Å²) in [5.41, 5.74) is 2.49. The SMILES string of the molecule is C=CCc1ccc(-c2ccc(-c3cc(F)c(F)c(F)c3)c(F)c2)cc1. The highest BCUT2D eigenvalue weighted by molar-refractivity contribution is 5.71. The lowest BCUT2D eigenvalue weighted by atomic mass is 9.98. The number of benzene rings is 3. The van der Waals surface area contributed by atoms with Crippen molar-refractivity contribution < 1.29 is 17.6 Å². The molecular formula is C21H14F4. The molecule has 0 atom stereocenters. The van der Waals surface area contributed by atoms with Crippen LogP contribution in [0.5, 0.6) is 0 Å². The Kier molecular flexibility index (Phi) is 4.70. The molecule has 0 aliphatic carbocycles. The summed E-state index contributed by atoms with van der Waals surface area (Å²) in [6.45, 7) is 3.68. The summed E-state index contributed by atoms with van der Waals surface area (Å²) in [4.78, 5) is 0. The van der Waals surface area contributed by atoms with Crippen LogP contribution in [0.4, 0.5) is 17.6 Å². The lowest BCUT2D eigenvalue weighted by Gasteiger charge is -2.08. The zero-order valence-corrected chi connectivity index (χ0v) is 13.2. The van der Waals surface area contributed by atoms with Crippen molar-refractivity contribution in [3.8, 4) is 22.3 Å². The van der Waals surface area contributed by atoms with Crippen LogP contribution in [-0.2, 0) is 6.42 Å². The number of allylic oxidation sites excluding steroid dienone is 1. The Bertz CT molecular complexity index is 904. The van der Waals surface area contributed by atoms with Crippen LogP contribution in [0.1, 0.15) is 5.56 Å². The second-order valence-corrected chi connectivity index (χ2v) is 5.64. The summed E-state index contributed by atoms with van der Waals surface area (Å²) in [5, 5.41) is 0.